The monoisotopic (exact) mass is 287 g/mol. The minimum Gasteiger partial charge on any atom is -0.496 e. The second kappa shape index (κ2) is 6.99. The lowest BCUT2D eigenvalue weighted by molar-refractivity contribution is 0.354. The lowest BCUT2D eigenvalue weighted by Crippen LogP contribution is -2.14. The van der Waals surface area contributed by atoms with E-state index in [1.165, 1.54) is 0 Å². The number of benzene rings is 2. The highest BCUT2D eigenvalue weighted by atomic mass is 16.5. The van der Waals surface area contributed by atoms with Crippen LogP contribution in [0.1, 0.15) is 17.2 Å². The van der Waals surface area contributed by atoms with E-state index < -0.39 is 0 Å². The first-order valence-electron chi connectivity index (χ1n) is 6.79. The molecule has 0 bridgehead atoms. The van der Waals surface area contributed by atoms with Gasteiger partial charge in [-0.1, -0.05) is 24.3 Å². The normalized spacial score (nSPS) is 11.8. The Kier molecular flexibility index (Phi) is 5.06. The highest BCUT2D eigenvalue weighted by Gasteiger charge is 2.13. The molecule has 0 aliphatic rings. The van der Waals surface area contributed by atoms with Crippen LogP contribution < -0.4 is 19.9 Å². The molecule has 0 fully saturated rings. The van der Waals surface area contributed by atoms with Crippen molar-refractivity contribution in [3.8, 4) is 17.2 Å². The van der Waals surface area contributed by atoms with Gasteiger partial charge in [-0.05, 0) is 30.2 Å². The first-order valence-corrected chi connectivity index (χ1v) is 6.79. The number of nitrogens with two attached hydrogens (primary N) is 1. The molecular weight excluding hydrogens is 266 g/mol. The van der Waals surface area contributed by atoms with Gasteiger partial charge in [-0.25, -0.2) is 0 Å². The summed E-state index contributed by atoms with van der Waals surface area (Å²) in [6.45, 7) is 0. The molecule has 0 aliphatic carbocycles. The van der Waals surface area contributed by atoms with Crippen LogP contribution in [-0.2, 0) is 6.42 Å². The highest BCUT2D eigenvalue weighted by molar-refractivity contribution is 5.44. The molecule has 0 amide bonds. The summed E-state index contributed by atoms with van der Waals surface area (Å²) in [6, 6.07) is 13.5. The zero-order valence-electron chi connectivity index (χ0n) is 12.6. The Morgan fingerprint density at radius 2 is 1.52 bits per heavy atom. The van der Waals surface area contributed by atoms with Gasteiger partial charge in [-0.2, -0.15) is 0 Å². The molecule has 1 atom stereocenters. The summed E-state index contributed by atoms with van der Waals surface area (Å²) < 4.78 is 15.9. The molecule has 0 saturated heterocycles. The number of hydrogen-bond donors (Lipinski definition) is 1. The van der Waals surface area contributed by atoms with E-state index in [1.807, 2.05) is 42.5 Å². The molecule has 0 heterocycles. The zero-order chi connectivity index (χ0) is 15.2. The fourth-order valence-corrected chi connectivity index (χ4v) is 2.34. The molecule has 2 aromatic carbocycles. The minimum absolute atomic E-state index is 0.140. The average molecular weight is 287 g/mol. The Balaban J connectivity index is 2.21. The van der Waals surface area contributed by atoms with Crippen molar-refractivity contribution in [1.82, 2.24) is 0 Å². The second-order valence-corrected chi connectivity index (χ2v) is 4.74. The van der Waals surface area contributed by atoms with Gasteiger partial charge in [0.25, 0.3) is 0 Å². The van der Waals surface area contributed by atoms with Crippen molar-refractivity contribution >= 4 is 0 Å². The summed E-state index contributed by atoms with van der Waals surface area (Å²) in [5.41, 5.74) is 8.40. The Labute approximate surface area is 125 Å². The number of ether oxygens (including phenoxy) is 3. The van der Waals surface area contributed by atoms with Crippen LogP contribution in [0.25, 0.3) is 0 Å². The molecule has 2 rings (SSSR count). The smallest absolute Gasteiger partial charge is 0.160 e. The molecule has 0 saturated carbocycles. The zero-order valence-corrected chi connectivity index (χ0v) is 12.6. The predicted molar refractivity (Wildman–Crippen MR) is 83.2 cm³/mol. The molecule has 2 N–H and O–H groups in total. The van der Waals surface area contributed by atoms with Gasteiger partial charge < -0.3 is 19.9 Å². The van der Waals surface area contributed by atoms with E-state index in [-0.39, 0.29) is 6.04 Å². The first-order chi connectivity index (χ1) is 10.2. The van der Waals surface area contributed by atoms with E-state index in [2.05, 4.69) is 0 Å². The first kappa shape index (κ1) is 15.2. The van der Waals surface area contributed by atoms with E-state index in [9.17, 15) is 0 Å². The van der Waals surface area contributed by atoms with Crippen LogP contribution >= 0.6 is 0 Å². The number of hydrogen-bond acceptors (Lipinski definition) is 4. The topological polar surface area (TPSA) is 53.7 Å². The van der Waals surface area contributed by atoms with Gasteiger partial charge in [0.2, 0.25) is 0 Å². The SMILES string of the molecule is COc1ccc(CC(N)c2ccccc2OC)cc1OC. The molecule has 21 heavy (non-hydrogen) atoms. The van der Waals surface area contributed by atoms with Gasteiger partial charge in [-0.3, -0.25) is 0 Å². The lowest BCUT2D eigenvalue weighted by Gasteiger charge is -2.16. The van der Waals surface area contributed by atoms with Crippen molar-refractivity contribution in [1.29, 1.82) is 0 Å². The summed E-state index contributed by atoms with van der Waals surface area (Å²) in [4.78, 5) is 0. The summed E-state index contributed by atoms with van der Waals surface area (Å²) in [5, 5.41) is 0. The molecule has 1 unspecified atom stereocenters. The summed E-state index contributed by atoms with van der Waals surface area (Å²) in [5.74, 6) is 2.24. The van der Waals surface area contributed by atoms with Crippen molar-refractivity contribution < 1.29 is 14.2 Å². The van der Waals surface area contributed by atoms with Crippen LogP contribution in [-0.4, -0.2) is 21.3 Å². The Hall–Kier alpha value is -2.20. The van der Waals surface area contributed by atoms with Gasteiger partial charge in [0.15, 0.2) is 11.5 Å². The maximum atomic E-state index is 6.31. The van der Waals surface area contributed by atoms with Crippen LogP contribution in [0, 0.1) is 0 Å². The van der Waals surface area contributed by atoms with E-state index in [0.29, 0.717) is 17.9 Å². The fraction of sp³-hybridized carbons (Fsp3) is 0.294. The second-order valence-electron chi connectivity index (χ2n) is 4.74. The van der Waals surface area contributed by atoms with Gasteiger partial charge in [0.1, 0.15) is 5.75 Å². The Morgan fingerprint density at radius 1 is 0.857 bits per heavy atom. The van der Waals surface area contributed by atoms with Crippen LogP contribution in [0.15, 0.2) is 42.5 Å². The number of rotatable bonds is 6. The maximum Gasteiger partial charge on any atom is 0.160 e. The standard InChI is InChI=1S/C17H21NO3/c1-19-15-7-5-4-6-13(15)14(18)10-12-8-9-16(20-2)17(11-12)21-3/h4-9,11,14H,10,18H2,1-3H3. The summed E-state index contributed by atoms with van der Waals surface area (Å²) in [7, 11) is 4.90. The van der Waals surface area contributed by atoms with Crippen molar-refractivity contribution in [3.63, 3.8) is 0 Å². The summed E-state index contributed by atoms with van der Waals surface area (Å²) >= 11 is 0. The van der Waals surface area contributed by atoms with Gasteiger partial charge in [0, 0.05) is 11.6 Å². The quantitative estimate of drug-likeness (QED) is 0.887. The third-order valence-corrected chi connectivity index (χ3v) is 3.44. The molecule has 112 valence electrons. The molecular formula is C17H21NO3. The lowest BCUT2D eigenvalue weighted by atomic mass is 9.98. The molecule has 4 heteroatoms. The van der Waals surface area contributed by atoms with Crippen LogP contribution in [0.4, 0.5) is 0 Å². The Bertz CT molecular complexity index is 598. The average Bonchev–Trinajstić information content (AvgIpc) is 2.54. The van der Waals surface area contributed by atoms with E-state index in [1.54, 1.807) is 21.3 Å². The van der Waals surface area contributed by atoms with Crippen molar-refractivity contribution in [3.05, 3.63) is 53.6 Å². The van der Waals surface area contributed by atoms with Crippen LogP contribution in [0.3, 0.4) is 0 Å². The minimum atomic E-state index is -0.140. The van der Waals surface area contributed by atoms with E-state index in [0.717, 1.165) is 16.9 Å². The van der Waals surface area contributed by atoms with Crippen molar-refractivity contribution in [2.24, 2.45) is 5.73 Å². The molecule has 0 aliphatic heterocycles. The largest absolute Gasteiger partial charge is 0.496 e. The third kappa shape index (κ3) is 3.47. The predicted octanol–water partition coefficient (Wildman–Crippen LogP) is 2.95. The van der Waals surface area contributed by atoms with E-state index >= 15 is 0 Å². The van der Waals surface area contributed by atoms with Crippen LogP contribution in [0.5, 0.6) is 17.2 Å². The van der Waals surface area contributed by atoms with Crippen molar-refractivity contribution in [2.45, 2.75) is 12.5 Å². The number of para-hydroxylation sites is 1. The fourth-order valence-electron chi connectivity index (χ4n) is 2.34. The number of methoxy groups -OCH3 is 3. The van der Waals surface area contributed by atoms with Gasteiger partial charge in [-0.15, -0.1) is 0 Å². The highest BCUT2D eigenvalue weighted by Crippen LogP contribution is 2.30. The maximum absolute atomic E-state index is 6.31. The van der Waals surface area contributed by atoms with Gasteiger partial charge >= 0.3 is 0 Å². The molecule has 2 aromatic rings. The molecule has 0 spiro atoms. The molecule has 0 radical (unpaired) electrons. The van der Waals surface area contributed by atoms with E-state index in [4.69, 9.17) is 19.9 Å². The molecule has 0 aromatic heterocycles. The van der Waals surface area contributed by atoms with Crippen molar-refractivity contribution in [2.75, 3.05) is 21.3 Å². The molecule has 4 nitrogen and oxygen atoms in total. The third-order valence-electron chi connectivity index (χ3n) is 3.44. The van der Waals surface area contributed by atoms with Gasteiger partial charge in [0.05, 0.1) is 21.3 Å². The van der Waals surface area contributed by atoms with Crippen LogP contribution in [0.2, 0.25) is 0 Å². The summed E-state index contributed by atoms with van der Waals surface area (Å²) in [6.07, 6.45) is 0.695. The Morgan fingerprint density at radius 3 is 2.19 bits per heavy atom.